The number of hydrazine groups is 1. The topological polar surface area (TPSA) is 65.1 Å². The Bertz CT molecular complexity index is 395. The molecule has 1 aromatic rings. The molecule has 0 aliphatic heterocycles. The number of halogens is 1. The van der Waals surface area contributed by atoms with Gasteiger partial charge in [-0.1, -0.05) is 13.8 Å². The van der Waals surface area contributed by atoms with Gasteiger partial charge in [0.15, 0.2) is 0 Å². The zero-order valence-electron chi connectivity index (χ0n) is 12.8. The molecule has 116 valence electrons. The third kappa shape index (κ3) is 4.84. The fourth-order valence-corrected chi connectivity index (χ4v) is 2.89. The summed E-state index contributed by atoms with van der Waals surface area (Å²) in [6, 6.07) is 0.204. The Morgan fingerprint density at radius 1 is 1.35 bits per heavy atom. The Kier molecular flexibility index (Phi) is 8.37. The molecule has 1 rings (SSSR count). The Balaban J connectivity index is 2.66. The molecule has 1 heterocycles. The molecular formula is C14H27BrN4O. The number of nitrogens with zero attached hydrogens (tertiary/aromatic N) is 2. The van der Waals surface area contributed by atoms with E-state index < -0.39 is 0 Å². The summed E-state index contributed by atoms with van der Waals surface area (Å²) in [7, 11) is 0. The largest absolute Gasteiger partial charge is 0.381 e. The zero-order valence-corrected chi connectivity index (χ0v) is 14.4. The number of hydrogen-bond donors (Lipinski definition) is 2. The number of nitrogens with two attached hydrogens (primary N) is 1. The Hall–Kier alpha value is -0.430. The molecule has 20 heavy (non-hydrogen) atoms. The van der Waals surface area contributed by atoms with Crippen LogP contribution < -0.4 is 11.3 Å². The van der Waals surface area contributed by atoms with Gasteiger partial charge < -0.3 is 4.74 Å². The van der Waals surface area contributed by atoms with Crippen molar-refractivity contribution in [2.45, 2.75) is 59.0 Å². The first-order valence-corrected chi connectivity index (χ1v) is 8.25. The second-order valence-electron chi connectivity index (χ2n) is 4.85. The number of hydrogen-bond acceptors (Lipinski definition) is 4. The summed E-state index contributed by atoms with van der Waals surface area (Å²) in [6.45, 7) is 8.76. The van der Waals surface area contributed by atoms with Crippen molar-refractivity contribution in [2.24, 2.45) is 5.84 Å². The van der Waals surface area contributed by atoms with Crippen molar-refractivity contribution in [3.8, 4) is 0 Å². The van der Waals surface area contributed by atoms with Gasteiger partial charge in [-0.2, -0.15) is 5.10 Å². The van der Waals surface area contributed by atoms with E-state index in [1.54, 1.807) is 0 Å². The van der Waals surface area contributed by atoms with Crippen LogP contribution in [0.2, 0.25) is 0 Å². The molecule has 3 N–H and O–H groups in total. The monoisotopic (exact) mass is 346 g/mol. The van der Waals surface area contributed by atoms with Crippen molar-refractivity contribution < 1.29 is 4.74 Å². The zero-order chi connectivity index (χ0) is 15.0. The maximum absolute atomic E-state index is 5.67. The molecule has 0 aliphatic carbocycles. The SMILES string of the molecule is CCCOCCC(Cc1c(Br)c(CC)nn1CC)NN. The van der Waals surface area contributed by atoms with Crippen molar-refractivity contribution in [1.82, 2.24) is 15.2 Å². The highest BCUT2D eigenvalue weighted by Crippen LogP contribution is 2.24. The first kappa shape index (κ1) is 17.6. The van der Waals surface area contributed by atoms with Crippen LogP contribution in [0.15, 0.2) is 4.47 Å². The second kappa shape index (κ2) is 9.50. The number of ether oxygens (including phenoxy) is 1. The predicted molar refractivity (Wildman–Crippen MR) is 85.5 cm³/mol. The van der Waals surface area contributed by atoms with Gasteiger partial charge in [-0.05, 0) is 42.1 Å². The lowest BCUT2D eigenvalue weighted by atomic mass is 10.1. The lowest BCUT2D eigenvalue weighted by Gasteiger charge is -2.17. The van der Waals surface area contributed by atoms with Gasteiger partial charge >= 0.3 is 0 Å². The van der Waals surface area contributed by atoms with Crippen LogP contribution in [0, 0.1) is 0 Å². The summed E-state index contributed by atoms with van der Waals surface area (Å²) in [5.74, 6) is 5.67. The third-order valence-electron chi connectivity index (χ3n) is 3.33. The molecule has 0 aromatic carbocycles. The molecule has 1 unspecified atom stereocenters. The van der Waals surface area contributed by atoms with Crippen molar-refractivity contribution >= 4 is 15.9 Å². The summed E-state index contributed by atoms with van der Waals surface area (Å²) in [5.41, 5.74) is 5.21. The minimum atomic E-state index is 0.204. The summed E-state index contributed by atoms with van der Waals surface area (Å²) >= 11 is 3.67. The minimum Gasteiger partial charge on any atom is -0.381 e. The Labute approximate surface area is 130 Å². The van der Waals surface area contributed by atoms with Gasteiger partial charge in [-0.15, -0.1) is 0 Å². The van der Waals surface area contributed by atoms with Gasteiger partial charge in [0.05, 0.1) is 15.9 Å². The summed E-state index contributed by atoms with van der Waals surface area (Å²) < 4.78 is 8.71. The molecule has 0 saturated heterocycles. The summed E-state index contributed by atoms with van der Waals surface area (Å²) in [5, 5.41) is 4.61. The molecule has 0 spiro atoms. The average molecular weight is 347 g/mol. The van der Waals surface area contributed by atoms with Crippen LogP contribution in [0.4, 0.5) is 0 Å². The maximum atomic E-state index is 5.67. The fraction of sp³-hybridized carbons (Fsp3) is 0.786. The smallest absolute Gasteiger partial charge is 0.0766 e. The van der Waals surface area contributed by atoms with Gasteiger partial charge in [0.1, 0.15) is 0 Å². The molecule has 0 saturated carbocycles. The van der Waals surface area contributed by atoms with E-state index in [-0.39, 0.29) is 6.04 Å². The van der Waals surface area contributed by atoms with E-state index in [0.29, 0.717) is 0 Å². The molecule has 0 fully saturated rings. The van der Waals surface area contributed by atoms with E-state index in [4.69, 9.17) is 10.6 Å². The van der Waals surface area contributed by atoms with Crippen LogP contribution in [-0.4, -0.2) is 29.0 Å². The normalized spacial score (nSPS) is 12.8. The molecule has 0 radical (unpaired) electrons. The number of aryl methyl sites for hydroxylation is 2. The van der Waals surface area contributed by atoms with Gasteiger partial charge in [0.2, 0.25) is 0 Å². The van der Waals surface area contributed by atoms with Crippen molar-refractivity contribution in [3.63, 3.8) is 0 Å². The van der Waals surface area contributed by atoms with Crippen LogP contribution in [0.25, 0.3) is 0 Å². The van der Waals surface area contributed by atoms with Crippen molar-refractivity contribution in [3.05, 3.63) is 15.9 Å². The van der Waals surface area contributed by atoms with Crippen LogP contribution >= 0.6 is 15.9 Å². The summed E-state index contributed by atoms with van der Waals surface area (Å²) in [4.78, 5) is 0. The second-order valence-corrected chi connectivity index (χ2v) is 5.64. The van der Waals surface area contributed by atoms with Gasteiger partial charge in [0.25, 0.3) is 0 Å². The Morgan fingerprint density at radius 2 is 2.10 bits per heavy atom. The molecule has 0 aliphatic rings. The van der Waals surface area contributed by atoms with E-state index in [0.717, 1.165) is 55.6 Å². The standard InChI is InChI=1S/C14H27BrN4O/c1-4-8-20-9-7-11(17-16)10-13-14(15)12(5-2)18-19(13)6-3/h11,17H,4-10,16H2,1-3H3. The van der Waals surface area contributed by atoms with E-state index in [9.17, 15) is 0 Å². The van der Waals surface area contributed by atoms with E-state index in [1.165, 1.54) is 5.69 Å². The van der Waals surface area contributed by atoms with E-state index in [1.807, 2.05) is 0 Å². The fourth-order valence-electron chi connectivity index (χ4n) is 2.16. The van der Waals surface area contributed by atoms with Gasteiger partial charge in [0, 0.05) is 32.2 Å². The molecule has 1 atom stereocenters. The number of nitrogens with one attached hydrogen (secondary N) is 1. The highest BCUT2D eigenvalue weighted by Gasteiger charge is 2.17. The van der Waals surface area contributed by atoms with Gasteiger partial charge in [-0.3, -0.25) is 16.0 Å². The van der Waals surface area contributed by atoms with Crippen LogP contribution in [-0.2, 0) is 24.1 Å². The lowest BCUT2D eigenvalue weighted by molar-refractivity contribution is 0.124. The molecule has 0 bridgehead atoms. The first-order valence-electron chi connectivity index (χ1n) is 7.45. The highest BCUT2D eigenvalue weighted by atomic mass is 79.9. The average Bonchev–Trinajstić information content (AvgIpc) is 2.78. The molecule has 0 amide bonds. The molecule has 5 nitrogen and oxygen atoms in total. The number of aromatic nitrogens is 2. The van der Waals surface area contributed by atoms with E-state index >= 15 is 0 Å². The lowest BCUT2D eigenvalue weighted by Crippen LogP contribution is -2.38. The third-order valence-corrected chi connectivity index (χ3v) is 4.24. The predicted octanol–water partition coefficient (Wildman–Crippen LogP) is 2.42. The quantitative estimate of drug-likeness (QED) is 0.388. The Morgan fingerprint density at radius 3 is 2.65 bits per heavy atom. The van der Waals surface area contributed by atoms with E-state index in [2.05, 4.69) is 51.9 Å². The minimum absolute atomic E-state index is 0.204. The molecule has 1 aromatic heterocycles. The highest BCUT2D eigenvalue weighted by molar-refractivity contribution is 9.10. The molecule has 6 heteroatoms. The van der Waals surface area contributed by atoms with Gasteiger partial charge in [-0.25, -0.2) is 0 Å². The van der Waals surface area contributed by atoms with Crippen LogP contribution in [0.5, 0.6) is 0 Å². The van der Waals surface area contributed by atoms with Crippen molar-refractivity contribution in [2.75, 3.05) is 13.2 Å². The maximum Gasteiger partial charge on any atom is 0.0766 e. The van der Waals surface area contributed by atoms with Crippen molar-refractivity contribution in [1.29, 1.82) is 0 Å². The molecular weight excluding hydrogens is 320 g/mol. The number of rotatable bonds is 10. The first-order chi connectivity index (χ1) is 9.67. The van der Waals surface area contributed by atoms with Crippen LogP contribution in [0.3, 0.4) is 0 Å². The van der Waals surface area contributed by atoms with Crippen LogP contribution in [0.1, 0.15) is 45.0 Å². The summed E-state index contributed by atoms with van der Waals surface area (Å²) in [6.07, 6.45) is 3.74.